The van der Waals surface area contributed by atoms with Gasteiger partial charge >= 0.3 is 0 Å². The van der Waals surface area contributed by atoms with Crippen LogP contribution in [0.15, 0.2) is 24.3 Å². The topological polar surface area (TPSA) is 43.7 Å². The highest BCUT2D eigenvalue weighted by Crippen LogP contribution is 2.18. The summed E-state index contributed by atoms with van der Waals surface area (Å²) in [4.78, 5) is 2.02. The number of benzene rings is 1. The Hall–Kier alpha value is -1.06. The molecule has 1 aromatic rings. The quantitative estimate of drug-likeness (QED) is 0.762. The Bertz CT molecular complexity index is 288. The second-order valence-electron chi connectivity index (χ2n) is 3.47. The molecule has 1 atom stereocenters. The largest absolute Gasteiger partial charge is 0.508 e. The van der Waals surface area contributed by atoms with Gasteiger partial charge in [-0.15, -0.1) is 0 Å². The van der Waals surface area contributed by atoms with E-state index in [-0.39, 0.29) is 5.75 Å². The fourth-order valence-electron chi connectivity index (χ4n) is 1.26. The SMILES string of the molecule is CCN(C)C[C@H](O)c1cccc(O)c1. The van der Waals surface area contributed by atoms with Crippen LogP contribution in [0.25, 0.3) is 0 Å². The molecule has 1 aromatic carbocycles. The van der Waals surface area contributed by atoms with Gasteiger partial charge in [0.25, 0.3) is 0 Å². The fraction of sp³-hybridized carbons (Fsp3) is 0.455. The molecule has 0 spiro atoms. The number of nitrogens with zero attached hydrogens (tertiary/aromatic N) is 1. The van der Waals surface area contributed by atoms with Crippen LogP contribution < -0.4 is 0 Å². The molecule has 14 heavy (non-hydrogen) atoms. The molecule has 0 saturated heterocycles. The van der Waals surface area contributed by atoms with E-state index in [0.29, 0.717) is 6.54 Å². The first-order valence-corrected chi connectivity index (χ1v) is 4.79. The van der Waals surface area contributed by atoms with E-state index >= 15 is 0 Å². The molecule has 3 nitrogen and oxygen atoms in total. The van der Waals surface area contributed by atoms with Gasteiger partial charge in [-0.1, -0.05) is 19.1 Å². The van der Waals surface area contributed by atoms with Gasteiger partial charge in [0.2, 0.25) is 0 Å². The summed E-state index contributed by atoms with van der Waals surface area (Å²) in [6, 6.07) is 6.74. The van der Waals surface area contributed by atoms with Gasteiger partial charge in [-0.05, 0) is 31.3 Å². The van der Waals surface area contributed by atoms with Crippen LogP contribution in [0.4, 0.5) is 0 Å². The Morgan fingerprint density at radius 3 is 2.71 bits per heavy atom. The van der Waals surface area contributed by atoms with E-state index < -0.39 is 6.10 Å². The van der Waals surface area contributed by atoms with E-state index in [1.807, 2.05) is 24.9 Å². The summed E-state index contributed by atoms with van der Waals surface area (Å²) >= 11 is 0. The molecule has 0 aliphatic carbocycles. The van der Waals surface area contributed by atoms with Crippen molar-refractivity contribution in [3.63, 3.8) is 0 Å². The first kappa shape index (κ1) is 11.0. The number of phenols is 1. The van der Waals surface area contributed by atoms with Crippen LogP contribution in [0.2, 0.25) is 0 Å². The number of aliphatic hydroxyl groups excluding tert-OH is 1. The summed E-state index contributed by atoms with van der Waals surface area (Å²) in [5.74, 6) is 0.195. The zero-order valence-corrected chi connectivity index (χ0v) is 8.64. The van der Waals surface area contributed by atoms with E-state index in [9.17, 15) is 10.2 Å². The van der Waals surface area contributed by atoms with Gasteiger partial charge in [0.15, 0.2) is 0 Å². The lowest BCUT2D eigenvalue weighted by Crippen LogP contribution is -2.24. The van der Waals surface area contributed by atoms with Crippen LogP contribution in [-0.4, -0.2) is 35.3 Å². The van der Waals surface area contributed by atoms with Crippen molar-refractivity contribution in [1.82, 2.24) is 4.90 Å². The predicted molar refractivity (Wildman–Crippen MR) is 56.2 cm³/mol. The van der Waals surface area contributed by atoms with Crippen LogP contribution in [0.1, 0.15) is 18.6 Å². The average molecular weight is 195 g/mol. The van der Waals surface area contributed by atoms with E-state index in [1.54, 1.807) is 18.2 Å². The molecule has 0 saturated carbocycles. The normalized spacial score (nSPS) is 13.1. The fourth-order valence-corrected chi connectivity index (χ4v) is 1.26. The maximum absolute atomic E-state index is 9.79. The number of hydrogen-bond donors (Lipinski definition) is 2. The minimum absolute atomic E-state index is 0.195. The third-order valence-electron chi connectivity index (χ3n) is 2.28. The van der Waals surface area contributed by atoms with Crippen molar-refractivity contribution in [2.75, 3.05) is 20.1 Å². The summed E-state index contributed by atoms with van der Waals surface area (Å²) < 4.78 is 0. The lowest BCUT2D eigenvalue weighted by molar-refractivity contribution is 0.129. The first-order chi connectivity index (χ1) is 6.63. The van der Waals surface area contributed by atoms with Crippen LogP contribution in [0.5, 0.6) is 5.75 Å². The zero-order chi connectivity index (χ0) is 10.6. The number of rotatable bonds is 4. The van der Waals surface area contributed by atoms with Crippen molar-refractivity contribution >= 4 is 0 Å². The molecule has 2 N–H and O–H groups in total. The lowest BCUT2D eigenvalue weighted by Gasteiger charge is -2.18. The highest BCUT2D eigenvalue weighted by Gasteiger charge is 2.09. The van der Waals surface area contributed by atoms with E-state index in [1.165, 1.54) is 0 Å². The van der Waals surface area contributed by atoms with Gasteiger partial charge in [0.1, 0.15) is 5.75 Å². The van der Waals surface area contributed by atoms with Gasteiger partial charge < -0.3 is 15.1 Å². The van der Waals surface area contributed by atoms with Crippen molar-refractivity contribution < 1.29 is 10.2 Å². The van der Waals surface area contributed by atoms with E-state index in [0.717, 1.165) is 12.1 Å². The summed E-state index contributed by atoms with van der Waals surface area (Å²) in [6.07, 6.45) is -0.535. The van der Waals surface area contributed by atoms with Crippen molar-refractivity contribution in [2.24, 2.45) is 0 Å². The molecule has 0 bridgehead atoms. The maximum atomic E-state index is 9.79. The van der Waals surface area contributed by atoms with Gasteiger partial charge in [-0.25, -0.2) is 0 Å². The summed E-state index contributed by atoms with van der Waals surface area (Å²) in [5.41, 5.74) is 0.755. The van der Waals surface area contributed by atoms with Crippen LogP contribution >= 0.6 is 0 Å². The molecule has 1 rings (SSSR count). The van der Waals surface area contributed by atoms with Crippen LogP contribution in [0.3, 0.4) is 0 Å². The number of aromatic hydroxyl groups is 1. The minimum Gasteiger partial charge on any atom is -0.508 e. The molecule has 0 amide bonds. The summed E-state index contributed by atoms with van der Waals surface area (Å²) in [5, 5.41) is 19.0. The molecule has 0 unspecified atom stereocenters. The molecular weight excluding hydrogens is 178 g/mol. The Morgan fingerprint density at radius 2 is 2.14 bits per heavy atom. The van der Waals surface area contributed by atoms with Gasteiger partial charge in [0, 0.05) is 6.54 Å². The van der Waals surface area contributed by atoms with Crippen LogP contribution in [0, 0.1) is 0 Å². The monoisotopic (exact) mass is 195 g/mol. The Balaban J connectivity index is 2.64. The van der Waals surface area contributed by atoms with Crippen molar-refractivity contribution in [3.05, 3.63) is 29.8 Å². The first-order valence-electron chi connectivity index (χ1n) is 4.79. The number of hydrogen-bond acceptors (Lipinski definition) is 3. The van der Waals surface area contributed by atoms with Gasteiger partial charge in [-0.3, -0.25) is 0 Å². The third kappa shape index (κ3) is 3.01. The second-order valence-corrected chi connectivity index (χ2v) is 3.47. The highest BCUT2D eigenvalue weighted by atomic mass is 16.3. The smallest absolute Gasteiger partial charge is 0.115 e. The van der Waals surface area contributed by atoms with Crippen molar-refractivity contribution in [1.29, 1.82) is 0 Å². The molecule has 0 fully saturated rings. The molecule has 0 heterocycles. The van der Waals surface area contributed by atoms with E-state index in [2.05, 4.69) is 0 Å². The Kier molecular flexibility index (Phi) is 3.92. The van der Waals surface area contributed by atoms with Gasteiger partial charge in [0.05, 0.1) is 6.10 Å². The van der Waals surface area contributed by atoms with Crippen molar-refractivity contribution in [3.8, 4) is 5.75 Å². The molecule has 0 aliphatic rings. The number of likely N-dealkylation sites (N-methyl/N-ethyl adjacent to an activating group) is 1. The van der Waals surface area contributed by atoms with Crippen LogP contribution in [-0.2, 0) is 0 Å². The molecular formula is C11H17NO2. The molecule has 78 valence electrons. The molecule has 3 heteroatoms. The summed E-state index contributed by atoms with van der Waals surface area (Å²) in [6.45, 7) is 3.52. The minimum atomic E-state index is -0.535. The average Bonchev–Trinajstić information content (AvgIpc) is 2.17. The highest BCUT2D eigenvalue weighted by molar-refractivity contribution is 5.28. The number of aliphatic hydroxyl groups is 1. The lowest BCUT2D eigenvalue weighted by atomic mass is 10.1. The predicted octanol–water partition coefficient (Wildman–Crippen LogP) is 1.38. The number of phenolic OH excluding ortho intramolecular Hbond substituents is 1. The van der Waals surface area contributed by atoms with Crippen molar-refractivity contribution in [2.45, 2.75) is 13.0 Å². The second kappa shape index (κ2) is 4.98. The standard InChI is InChI=1S/C11H17NO2/c1-3-12(2)8-11(14)9-5-4-6-10(13)7-9/h4-7,11,13-14H,3,8H2,1-2H3/t11-/m0/s1. The van der Waals surface area contributed by atoms with Gasteiger partial charge in [-0.2, -0.15) is 0 Å². The zero-order valence-electron chi connectivity index (χ0n) is 8.64. The summed E-state index contributed by atoms with van der Waals surface area (Å²) in [7, 11) is 1.95. The molecule has 0 aromatic heterocycles. The Labute approximate surface area is 84.6 Å². The molecule has 0 radical (unpaired) electrons. The Morgan fingerprint density at radius 1 is 1.43 bits per heavy atom. The third-order valence-corrected chi connectivity index (χ3v) is 2.28. The molecule has 0 aliphatic heterocycles. The maximum Gasteiger partial charge on any atom is 0.115 e. The van der Waals surface area contributed by atoms with E-state index in [4.69, 9.17) is 0 Å².